The summed E-state index contributed by atoms with van der Waals surface area (Å²) in [5.41, 5.74) is 0. The van der Waals surface area contributed by atoms with Crippen LogP contribution < -0.4 is 10.6 Å². The zero-order valence-corrected chi connectivity index (χ0v) is 14.8. The lowest BCUT2D eigenvalue weighted by Crippen LogP contribution is -2.45. The van der Waals surface area contributed by atoms with Crippen LogP contribution in [0.1, 0.15) is 45.4 Å². The van der Waals surface area contributed by atoms with Gasteiger partial charge in [0.15, 0.2) is 5.96 Å². The molecular formula is C16H31N7. The molecule has 1 aromatic rings. The molecule has 1 aromatic heterocycles. The number of hydrogen-bond acceptors (Lipinski definition) is 4. The number of piperidine rings is 1. The third-order valence-corrected chi connectivity index (χ3v) is 4.44. The van der Waals surface area contributed by atoms with Gasteiger partial charge < -0.3 is 10.6 Å². The Bertz CT molecular complexity index is 483. The zero-order chi connectivity index (χ0) is 16.5. The van der Waals surface area contributed by atoms with Gasteiger partial charge in [0.05, 0.1) is 0 Å². The highest BCUT2D eigenvalue weighted by Crippen LogP contribution is 2.18. The maximum atomic E-state index is 4.59. The lowest BCUT2D eigenvalue weighted by Gasteiger charge is -2.35. The minimum atomic E-state index is 0.535. The topological polar surface area (TPSA) is 70.4 Å². The Morgan fingerprint density at radius 1 is 1.35 bits per heavy atom. The molecule has 0 radical (unpaired) electrons. The summed E-state index contributed by atoms with van der Waals surface area (Å²) in [6.07, 6.45) is 6.87. The Kier molecular flexibility index (Phi) is 7.32. The second kappa shape index (κ2) is 9.50. The van der Waals surface area contributed by atoms with Crippen LogP contribution in [0.3, 0.4) is 0 Å². The summed E-state index contributed by atoms with van der Waals surface area (Å²) in [6.45, 7) is 8.99. The van der Waals surface area contributed by atoms with Crippen LogP contribution in [-0.2, 0) is 13.6 Å². The number of aromatic nitrogens is 3. The summed E-state index contributed by atoms with van der Waals surface area (Å²) in [7, 11) is 1.89. The summed E-state index contributed by atoms with van der Waals surface area (Å²) >= 11 is 0. The Balaban J connectivity index is 1.80. The van der Waals surface area contributed by atoms with Crippen LogP contribution in [0.15, 0.2) is 11.3 Å². The fraction of sp³-hybridized carbons (Fsp3) is 0.812. The predicted octanol–water partition coefficient (Wildman–Crippen LogP) is 1.13. The Labute approximate surface area is 139 Å². The van der Waals surface area contributed by atoms with E-state index in [-0.39, 0.29) is 0 Å². The first-order valence-corrected chi connectivity index (χ1v) is 8.83. The van der Waals surface area contributed by atoms with Crippen molar-refractivity contribution in [2.24, 2.45) is 12.0 Å². The number of rotatable bonds is 7. The first-order chi connectivity index (χ1) is 11.2. The van der Waals surface area contributed by atoms with E-state index >= 15 is 0 Å². The quantitative estimate of drug-likeness (QED) is 0.582. The molecule has 23 heavy (non-hydrogen) atoms. The summed E-state index contributed by atoms with van der Waals surface area (Å²) < 4.78 is 1.76. The van der Waals surface area contributed by atoms with Crippen molar-refractivity contribution in [2.45, 2.75) is 52.1 Å². The highest BCUT2D eigenvalue weighted by Gasteiger charge is 2.19. The summed E-state index contributed by atoms with van der Waals surface area (Å²) in [4.78, 5) is 11.4. The molecule has 0 aromatic carbocycles. The molecule has 1 fully saturated rings. The van der Waals surface area contributed by atoms with Crippen LogP contribution in [0, 0.1) is 0 Å². The second-order valence-electron chi connectivity index (χ2n) is 6.02. The fourth-order valence-corrected chi connectivity index (χ4v) is 3.09. The van der Waals surface area contributed by atoms with Crippen molar-refractivity contribution in [3.05, 3.63) is 12.2 Å². The minimum Gasteiger partial charge on any atom is -0.357 e. The van der Waals surface area contributed by atoms with Gasteiger partial charge in [0.2, 0.25) is 0 Å². The van der Waals surface area contributed by atoms with Gasteiger partial charge in [0, 0.05) is 32.7 Å². The van der Waals surface area contributed by atoms with E-state index in [0.29, 0.717) is 6.54 Å². The molecule has 7 heteroatoms. The summed E-state index contributed by atoms with van der Waals surface area (Å²) in [6, 6.07) is 0.753. The van der Waals surface area contributed by atoms with Crippen LogP contribution in [0.25, 0.3) is 0 Å². The summed E-state index contributed by atoms with van der Waals surface area (Å²) in [5, 5.41) is 10.8. The van der Waals surface area contributed by atoms with Gasteiger partial charge in [-0.15, -0.1) is 0 Å². The van der Waals surface area contributed by atoms with Gasteiger partial charge in [0.25, 0.3) is 0 Å². The molecule has 1 aliphatic heterocycles. The monoisotopic (exact) mass is 321 g/mol. The van der Waals surface area contributed by atoms with Crippen molar-refractivity contribution >= 4 is 5.96 Å². The van der Waals surface area contributed by atoms with Gasteiger partial charge in [-0.1, -0.05) is 13.3 Å². The fourth-order valence-electron chi connectivity index (χ4n) is 3.09. The normalized spacial score (nSPS) is 19.8. The summed E-state index contributed by atoms with van der Waals surface area (Å²) in [5.74, 6) is 1.71. The largest absolute Gasteiger partial charge is 0.357 e. The van der Waals surface area contributed by atoms with Gasteiger partial charge in [-0.05, 0) is 32.7 Å². The van der Waals surface area contributed by atoms with Crippen molar-refractivity contribution in [1.82, 2.24) is 30.3 Å². The van der Waals surface area contributed by atoms with Crippen LogP contribution >= 0.6 is 0 Å². The van der Waals surface area contributed by atoms with Crippen LogP contribution in [-0.4, -0.2) is 57.8 Å². The number of hydrogen-bond donors (Lipinski definition) is 2. The third-order valence-electron chi connectivity index (χ3n) is 4.44. The first kappa shape index (κ1) is 17.7. The van der Waals surface area contributed by atoms with Gasteiger partial charge in [-0.3, -0.25) is 9.58 Å². The van der Waals surface area contributed by atoms with Crippen LogP contribution in [0.2, 0.25) is 0 Å². The molecular weight excluding hydrogens is 290 g/mol. The Hall–Kier alpha value is -1.63. The van der Waals surface area contributed by atoms with Crippen molar-refractivity contribution in [1.29, 1.82) is 0 Å². The molecule has 2 rings (SSSR count). The predicted molar refractivity (Wildman–Crippen MR) is 93.3 cm³/mol. The standard InChI is InChI=1S/C16H31N7/c1-4-14-8-6-7-10-23(14)11-9-18-16(17-5-2)19-12-15-20-13-21-22(15)3/h13-14H,4-12H2,1-3H3,(H2,17,18,19). The van der Waals surface area contributed by atoms with E-state index in [2.05, 4.69) is 44.5 Å². The van der Waals surface area contributed by atoms with E-state index in [1.807, 2.05) is 7.05 Å². The van der Waals surface area contributed by atoms with E-state index in [4.69, 9.17) is 0 Å². The van der Waals surface area contributed by atoms with Crippen molar-refractivity contribution in [3.8, 4) is 0 Å². The maximum Gasteiger partial charge on any atom is 0.191 e. The lowest BCUT2D eigenvalue weighted by atomic mass is 10.0. The van der Waals surface area contributed by atoms with Gasteiger partial charge in [-0.2, -0.15) is 5.10 Å². The van der Waals surface area contributed by atoms with E-state index in [0.717, 1.165) is 37.5 Å². The minimum absolute atomic E-state index is 0.535. The van der Waals surface area contributed by atoms with Crippen LogP contribution in [0.4, 0.5) is 0 Å². The molecule has 130 valence electrons. The molecule has 0 aliphatic carbocycles. The molecule has 0 amide bonds. The lowest BCUT2D eigenvalue weighted by molar-refractivity contribution is 0.147. The van der Waals surface area contributed by atoms with E-state index in [1.165, 1.54) is 32.2 Å². The molecule has 0 bridgehead atoms. The van der Waals surface area contributed by atoms with Crippen molar-refractivity contribution < 1.29 is 0 Å². The van der Waals surface area contributed by atoms with Crippen molar-refractivity contribution in [2.75, 3.05) is 26.2 Å². The van der Waals surface area contributed by atoms with E-state index in [1.54, 1.807) is 11.0 Å². The van der Waals surface area contributed by atoms with Gasteiger partial charge in [-0.25, -0.2) is 9.98 Å². The van der Waals surface area contributed by atoms with E-state index in [9.17, 15) is 0 Å². The first-order valence-electron chi connectivity index (χ1n) is 8.83. The Morgan fingerprint density at radius 3 is 2.91 bits per heavy atom. The molecule has 1 atom stereocenters. The number of aliphatic imine (C=N–C) groups is 1. The van der Waals surface area contributed by atoms with Crippen molar-refractivity contribution in [3.63, 3.8) is 0 Å². The SMILES string of the molecule is CCNC(=NCc1ncnn1C)NCCN1CCCCC1CC. The number of guanidine groups is 1. The maximum absolute atomic E-state index is 4.59. The molecule has 2 N–H and O–H groups in total. The third kappa shape index (κ3) is 5.49. The molecule has 0 saturated carbocycles. The Morgan fingerprint density at radius 2 is 2.22 bits per heavy atom. The molecule has 1 unspecified atom stereocenters. The molecule has 0 spiro atoms. The average Bonchev–Trinajstić information content (AvgIpc) is 2.98. The molecule has 1 saturated heterocycles. The zero-order valence-electron chi connectivity index (χ0n) is 14.8. The number of nitrogens with one attached hydrogen (secondary N) is 2. The molecule has 1 aliphatic rings. The van der Waals surface area contributed by atoms with Gasteiger partial charge >= 0.3 is 0 Å². The van der Waals surface area contributed by atoms with Crippen LogP contribution in [0.5, 0.6) is 0 Å². The molecule has 7 nitrogen and oxygen atoms in total. The highest BCUT2D eigenvalue weighted by atomic mass is 15.3. The average molecular weight is 321 g/mol. The number of aryl methyl sites for hydroxylation is 1. The number of nitrogens with zero attached hydrogens (tertiary/aromatic N) is 5. The smallest absolute Gasteiger partial charge is 0.191 e. The molecule has 2 heterocycles. The van der Waals surface area contributed by atoms with Gasteiger partial charge in [0.1, 0.15) is 18.7 Å². The number of likely N-dealkylation sites (tertiary alicyclic amines) is 1. The second-order valence-corrected chi connectivity index (χ2v) is 6.02. The highest BCUT2D eigenvalue weighted by molar-refractivity contribution is 5.79. The van der Waals surface area contributed by atoms with E-state index < -0.39 is 0 Å².